The van der Waals surface area contributed by atoms with E-state index in [9.17, 15) is 4.79 Å². The Balaban J connectivity index is 2.18. The highest BCUT2D eigenvalue weighted by Crippen LogP contribution is 2.26. The Kier molecular flexibility index (Phi) is 3.02. The molecule has 0 amide bonds. The Bertz CT molecular complexity index is 362. The molecule has 1 aliphatic rings. The third-order valence-electron chi connectivity index (χ3n) is 2.84. The predicted molar refractivity (Wildman–Crippen MR) is 57.5 cm³/mol. The molecule has 0 saturated heterocycles. The van der Waals surface area contributed by atoms with Gasteiger partial charge in [-0.25, -0.2) is 0 Å². The van der Waals surface area contributed by atoms with Crippen molar-refractivity contribution in [1.29, 1.82) is 0 Å². The zero-order valence-electron chi connectivity index (χ0n) is 8.82. The summed E-state index contributed by atoms with van der Waals surface area (Å²) in [5.74, 6) is 0.112. The number of hydrogen-bond donors (Lipinski definition) is 1. The second-order valence-corrected chi connectivity index (χ2v) is 3.81. The maximum Gasteiger partial charge on any atom is 0.306 e. The van der Waals surface area contributed by atoms with Gasteiger partial charge in [0.1, 0.15) is 0 Å². The number of methoxy groups -OCH3 is 1. The fourth-order valence-corrected chi connectivity index (χ4v) is 2.05. The molecule has 1 heterocycles. The summed E-state index contributed by atoms with van der Waals surface area (Å²) in [6.07, 6.45) is 0.459. The van der Waals surface area contributed by atoms with Gasteiger partial charge < -0.3 is 10.1 Å². The van der Waals surface area contributed by atoms with Crippen LogP contribution in [0.2, 0.25) is 0 Å². The van der Waals surface area contributed by atoms with Gasteiger partial charge in [-0.2, -0.15) is 0 Å². The molecular weight excluding hydrogens is 190 g/mol. The van der Waals surface area contributed by atoms with Gasteiger partial charge in [-0.1, -0.05) is 24.3 Å². The molecule has 0 saturated carbocycles. The van der Waals surface area contributed by atoms with E-state index in [1.807, 2.05) is 12.1 Å². The van der Waals surface area contributed by atoms with E-state index < -0.39 is 0 Å². The summed E-state index contributed by atoms with van der Waals surface area (Å²) < 4.78 is 4.70. The highest BCUT2D eigenvalue weighted by Gasteiger charge is 2.21. The van der Waals surface area contributed by atoms with Crippen molar-refractivity contribution in [2.75, 3.05) is 13.7 Å². The maximum absolute atomic E-state index is 11.2. The average molecular weight is 205 g/mol. The number of nitrogens with one attached hydrogen (secondary N) is 1. The first kappa shape index (κ1) is 10.2. The molecule has 0 fully saturated rings. The van der Waals surface area contributed by atoms with Crippen LogP contribution < -0.4 is 5.32 Å². The van der Waals surface area contributed by atoms with Gasteiger partial charge in [0, 0.05) is 19.0 Å². The van der Waals surface area contributed by atoms with Crippen molar-refractivity contribution >= 4 is 5.97 Å². The molecule has 0 radical (unpaired) electrons. The van der Waals surface area contributed by atoms with E-state index in [1.165, 1.54) is 18.2 Å². The normalized spacial score (nSPS) is 19.4. The van der Waals surface area contributed by atoms with Gasteiger partial charge in [-0.3, -0.25) is 4.79 Å². The van der Waals surface area contributed by atoms with Crippen LogP contribution in [0.25, 0.3) is 0 Å². The lowest BCUT2D eigenvalue weighted by Gasteiger charge is -2.25. The monoisotopic (exact) mass is 205 g/mol. The van der Waals surface area contributed by atoms with Crippen LogP contribution in [0.4, 0.5) is 0 Å². The molecule has 3 nitrogen and oxygen atoms in total. The fourth-order valence-electron chi connectivity index (χ4n) is 2.05. The van der Waals surface area contributed by atoms with Crippen molar-refractivity contribution in [3.05, 3.63) is 35.4 Å². The van der Waals surface area contributed by atoms with Crippen molar-refractivity contribution in [3.8, 4) is 0 Å². The molecule has 0 aromatic heterocycles. The topological polar surface area (TPSA) is 38.3 Å². The van der Waals surface area contributed by atoms with Gasteiger partial charge in [0.2, 0.25) is 0 Å². The number of rotatable bonds is 2. The van der Waals surface area contributed by atoms with Crippen LogP contribution in [0, 0.1) is 0 Å². The Morgan fingerprint density at radius 3 is 3.13 bits per heavy atom. The zero-order valence-corrected chi connectivity index (χ0v) is 8.82. The summed E-state index contributed by atoms with van der Waals surface area (Å²) in [6.45, 7) is 1.75. The lowest BCUT2D eigenvalue weighted by Crippen LogP contribution is -2.29. The van der Waals surface area contributed by atoms with E-state index in [1.54, 1.807) is 0 Å². The van der Waals surface area contributed by atoms with Crippen LogP contribution in [0.3, 0.4) is 0 Å². The Hall–Kier alpha value is -1.35. The first-order valence-electron chi connectivity index (χ1n) is 5.16. The first-order chi connectivity index (χ1) is 7.31. The summed E-state index contributed by atoms with van der Waals surface area (Å²) in [4.78, 5) is 11.2. The largest absolute Gasteiger partial charge is 0.469 e. The van der Waals surface area contributed by atoms with Crippen LogP contribution in [0.5, 0.6) is 0 Å². The lowest BCUT2D eigenvalue weighted by molar-refractivity contribution is -0.141. The summed E-state index contributed by atoms with van der Waals surface area (Å²) in [7, 11) is 1.44. The third kappa shape index (κ3) is 2.18. The number of benzene rings is 1. The highest BCUT2D eigenvalue weighted by molar-refractivity contribution is 5.70. The summed E-state index contributed by atoms with van der Waals surface area (Å²) >= 11 is 0. The smallest absolute Gasteiger partial charge is 0.306 e. The molecule has 0 spiro atoms. The number of carbonyl (C=O) groups is 1. The van der Waals surface area contributed by atoms with Gasteiger partial charge >= 0.3 is 5.97 Å². The average Bonchev–Trinajstić information content (AvgIpc) is 2.29. The van der Waals surface area contributed by atoms with Crippen LogP contribution in [0.15, 0.2) is 24.3 Å². The second-order valence-electron chi connectivity index (χ2n) is 3.81. The van der Waals surface area contributed by atoms with Crippen LogP contribution >= 0.6 is 0 Å². The molecule has 1 atom stereocenters. The van der Waals surface area contributed by atoms with Crippen LogP contribution in [-0.2, 0) is 16.1 Å². The van der Waals surface area contributed by atoms with Crippen LogP contribution in [0.1, 0.15) is 23.5 Å². The number of hydrogen-bond acceptors (Lipinski definition) is 3. The summed E-state index contributed by atoms with van der Waals surface area (Å²) in [6, 6.07) is 8.25. The van der Waals surface area contributed by atoms with Gasteiger partial charge in [-0.05, 0) is 11.1 Å². The molecule has 80 valence electrons. The van der Waals surface area contributed by atoms with Crippen molar-refractivity contribution in [3.63, 3.8) is 0 Å². The van der Waals surface area contributed by atoms with E-state index in [0.717, 1.165) is 13.1 Å². The zero-order chi connectivity index (χ0) is 10.7. The molecule has 1 aromatic carbocycles. The highest BCUT2D eigenvalue weighted by atomic mass is 16.5. The maximum atomic E-state index is 11.2. The predicted octanol–water partition coefficient (Wildman–Crippen LogP) is 1.44. The molecule has 0 aliphatic carbocycles. The van der Waals surface area contributed by atoms with Crippen molar-refractivity contribution in [2.24, 2.45) is 0 Å². The molecule has 0 bridgehead atoms. The Morgan fingerprint density at radius 1 is 1.53 bits per heavy atom. The third-order valence-corrected chi connectivity index (χ3v) is 2.84. The fraction of sp³-hybridized carbons (Fsp3) is 0.417. The van der Waals surface area contributed by atoms with Crippen molar-refractivity contribution < 1.29 is 9.53 Å². The van der Waals surface area contributed by atoms with Crippen molar-refractivity contribution in [2.45, 2.75) is 18.9 Å². The number of carbonyl (C=O) groups excluding carboxylic acids is 1. The Morgan fingerprint density at radius 2 is 2.33 bits per heavy atom. The molecule has 3 heteroatoms. The SMILES string of the molecule is COC(=O)CC1CNCc2ccccc21. The molecule has 1 aliphatic heterocycles. The minimum atomic E-state index is -0.140. The first-order valence-corrected chi connectivity index (χ1v) is 5.16. The summed E-state index contributed by atoms with van der Waals surface area (Å²) in [5, 5.41) is 3.31. The van der Waals surface area contributed by atoms with E-state index in [4.69, 9.17) is 4.74 Å². The quantitative estimate of drug-likeness (QED) is 0.742. The van der Waals surface area contributed by atoms with Gasteiger partial charge in [0.05, 0.1) is 13.5 Å². The molecular formula is C12H15NO2. The van der Waals surface area contributed by atoms with Crippen molar-refractivity contribution in [1.82, 2.24) is 5.32 Å². The van der Waals surface area contributed by atoms with E-state index in [2.05, 4.69) is 17.4 Å². The molecule has 1 unspecified atom stereocenters. The molecule has 1 N–H and O–H groups in total. The number of ether oxygens (including phenoxy) is 1. The molecule has 2 rings (SSSR count). The standard InChI is InChI=1S/C12H15NO2/c1-15-12(14)6-10-8-13-7-9-4-2-3-5-11(9)10/h2-5,10,13H,6-8H2,1H3. The Labute approximate surface area is 89.4 Å². The van der Waals surface area contributed by atoms with Gasteiger partial charge in [-0.15, -0.1) is 0 Å². The van der Waals surface area contributed by atoms with E-state index in [-0.39, 0.29) is 11.9 Å². The van der Waals surface area contributed by atoms with E-state index >= 15 is 0 Å². The van der Waals surface area contributed by atoms with Gasteiger partial charge in [0.15, 0.2) is 0 Å². The molecule has 1 aromatic rings. The van der Waals surface area contributed by atoms with E-state index in [0.29, 0.717) is 6.42 Å². The number of fused-ring (bicyclic) bond motifs is 1. The summed E-state index contributed by atoms with van der Waals surface area (Å²) in [5.41, 5.74) is 2.57. The number of esters is 1. The minimum Gasteiger partial charge on any atom is -0.469 e. The molecule has 15 heavy (non-hydrogen) atoms. The van der Waals surface area contributed by atoms with Crippen LogP contribution in [-0.4, -0.2) is 19.6 Å². The second kappa shape index (κ2) is 4.45. The minimum absolute atomic E-state index is 0.140. The van der Waals surface area contributed by atoms with Gasteiger partial charge in [0.25, 0.3) is 0 Å². The lowest BCUT2D eigenvalue weighted by atomic mass is 9.89.